The van der Waals surface area contributed by atoms with E-state index in [1.54, 1.807) is 0 Å². The molecule has 40 heavy (non-hydrogen) atoms. The molecule has 5 aromatic rings. The van der Waals surface area contributed by atoms with Crippen LogP contribution in [0.25, 0.3) is 22.4 Å². The molecule has 1 fully saturated rings. The van der Waals surface area contributed by atoms with Crippen molar-refractivity contribution in [2.24, 2.45) is 0 Å². The first-order valence-electron chi connectivity index (χ1n) is 14.0. The number of hydrogen-bond donors (Lipinski definition) is 0. The SMILES string of the molecule is CC1(C)OB(c2cccc(C3(c4cccc(-c5ccccn5)c4)c4ccccc4-c4ccccc43)c2)OC1(C)C. The van der Waals surface area contributed by atoms with Crippen molar-refractivity contribution in [2.75, 3.05) is 0 Å². The second-order valence-corrected chi connectivity index (χ2v) is 11.9. The van der Waals surface area contributed by atoms with Crippen molar-refractivity contribution in [2.45, 2.75) is 44.3 Å². The van der Waals surface area contributed by atoms with Crippen LogP contribution in [-0.4, -0.2) is 23.3 Å². The lowest BCUT2D eigenvalue weighted by Gasteiger charge is -2.34. The van der Waals surface area contributed by atoms with Gasteiger partial charge in [0.05, 0.1) is 22.3 Å². The lowest BCUT2D eigenvalue weighted by atomic mass is 9.65. The van der Waals surface area contributed by atoms with Gasteiger partial charge < -0.3 is 9.31 Å². The molecule has 0 atom stereocenters. The Morgan fingerprint density at radius 2 is 1.15 bits per heavy atom. The number of nitrogens with zero attached hydrogens (tertiary/aromatic N) is 1. The van der Waals surface area contributed by atoms with Gasteiger partial charge in [-0.3, -0.25) is 4.98 Å². The molecule has 0 amide bonds. The van der Waals surface area contributed by atoms with E-state index in [1.165, 1.54) is 33.4 Å². The molecule has 0 spiro atoms. The zero-order valence-corrected chi connectivity index (χ0v) is 23.4. The van der Waals surface area contributed by atoms with Gasteiger partial charge in [0.1, 0.15) is 0 Å². The monoisotopic (exact) mass is 521 g/mol. The van der Waals surface area contributed by atoms with Gasteiger partial charge in [-0.05, 0) is 84.7 Å². The van der Waals surface area contributed by atoms with E-state index in [2.05, 4.69) is 136 Å². The van der Waals surface area contributed by atoms with Gasteiger partial charge in [0.2, 0.25) is 0 Å². The Balaban J connectivity index is 1.49. The van der Waals surface area contributed by atoms with Crippen molar-refractivity contribution in [3.05, 3.63) is 144 Å². The van der Waals surface area contributed by atoms with E-state index < -0.39 is 23.7 Å². The maximum Gasteiger partial charge on any atom is 0.494 e. The van der Waals surface area contributed by atoms with E-state index >= 15 is 0 Å². The summed E-state index contributed by atoms with van der Waals surface area (Å²) in [5, 5.41) is 0. The fourth-order valence-corrected chi connectivity index (χ4v) is 6.37. The van der Waals surface area contributed by atoms with Crippen LogP contribution in [0.2, 0.25) is 0 Å². The molecule has 196 valence electrons. The molecule has 7 rings (SSSR count). The summed E-state index contributed by atoms with van der Waals surface area (Å²) in [5.74, 6) is 0. The average Bonchev–Trinajstić information content (AvgIpc) is 3.40. The highest BCUT2D eigenvalue weighted by atomic mass is 16.7. The van der Waals surface area contributed by atoms with Crippen molar-refractivity contribution < 1.29 is 9.31 Å². The average molecular weight is 521 g/mol. The summed E-state index contributed by atoms with van der Waals surface area (Å²) < 4.78 is 13.0. The second kappa shape index (κ2) is 9.02. The largest absolute Gasteiger partial charge is 0.494 e. The van der Waals surface area contributed by atoms with Crippen molar-refractivity contribution in [3.8, 4) is 22.4 Å². The molecule has 2 heterocycles. The van der Waals surface area contributed by atoms with Gasteiger partial charge in [0.15, 0.2) is 0 Å². The van der Waals surface area contributed by atoms with Crippen LogP contribution in [0.5, 0.6) is 0 Å². The topological polar surface area (TPSA) is 31.4 Å². The molecule has 4 heteroatoms. The van der Waals surface area contributed by atoms with Crippen LogP contribution >= 0.6 is 0 Å². The number of fused-ring (bicyclic) bond motifs is 3. The lowest BCUT2D eigenvalue weighted by molar-refractivity contribution is 0.00578. The molecule has 4 aromatic carbocycles. The summed E-state index contributed by atoms with van der Waals surface area (Å²) in [6.45, 7) is 8.41. The van der Waals surface area contributed by atoms with Crippen LogP contribution < -0.4 is 5.46 Å². The second-order valence-electron chi connectivity index (χ2n) is 11.9. The van der Waals surface area contributed by atoms with Crippen LogP contribution in [0.1, 0.15) is 49.9 Å². The van der Waals surface area contributed by atoms with E-state index in [-0.39, 0.29) is 0 Å². The van der Waals surface area contributed by atoms with Gasteiger partial charge in [-0.25, -0.2) is 0 Å². The molecule has 1 aliphatic carbocycles. The van der Waals surface area contributed by atoms with E-state index in [0.717, 1.165) is 16.7 Å². The molecule has 0 radical (unpaired) electrons. The maximum absolute atomic E-state index is 6.49. The predicted molar refractivity (Wildman–Crippen MR) is 163 cm³/mol. The number of hydrogen-bond acceptors (Lipinski definition) is 3. The first kappa shape index (κ1) is 25.0. The van der Waals surface area contributed by atoms with E-state index in [9.17, 15) is 0 Å². The molecule has 1 aliphatic heterocycles. The van der Waals surface area contributed by atoms with Gasteiger partial charge in [-0.15, -0.1) is 0 Å². The summed E-state index contributed by atoms with van der Waals surface area (Å²) in [4.78, 5) is 4.66. The highest BCUT2D eigenvalue weighted by Gasteiger charge is 2.52. The number of benzene rings is 4. The standard InChI is InChI=1S/C36H32BNO2/c1-34(2)35(3,4)40-37(39-34)28-16-12-15-27(24-28)36(26-14-11-13-25(23-26)33-21-9-10-22-38-33)31-19-7-5-17-29(31)30-18-6-8-20-32(30)36/h5-24H,1-4H3. The zero-order chi connectivity index (χ0) is 27.5. The molecule has 0 saturated carbocycles. The minimum absolute atomic E-state index is 0.408. The van der Waals surface area contributed by atoms with Crippen LogP contribution in [0.3, 0.4) is 0 Å². The summed E-state index contributed by atoms with van der Waals surface area (Å²) in [6, 6.07) is 41.4. The number of aromatic nitrogens is 1. The molecular weight excluding hydrogens is 489 g/mol. The highest BCUT2D eigenvalue weighted by Crippen LogP contribution is 2.56. The third-order valence-corrected chi connectivity index (χ3v) is 9.05. The Morgan fingerprint density at radius 1 is 0.575 bits per heavy atom. The third kappa shape index (κ3) is 3.63. The molecule has 1 aromatic heterocycles. The van der Waals surface area contributed by atoms with Crippen LogP contribution in [-0.2, 0) is 14.7 Å². The molecule has 1 saturated heterocycles. The minimum Gasteiger partial charge on any atom is -0.399 e. The van der Waals surface area contributed by atoms with Gasteiger partial charge in [0, 0.05) is 11.8 Å². The normalized spacial score (nSPS) is 17.9. The molecular formula is C36H32BNO2. The van der Waals surface area contributed by atoms with Gasteiger partial charge in [-0.1, -0.05) is 97.1 Å². The first-order chi connectivity index (χ1) is 19.3. The minimum atomic E-state index is -0.516. The fourth-order valence-electron chi connectivity index (χ4n) is 6.37. The Morgan fingerprint density at radius 3 is 1.77 bits per heavy atom. The van der Waals surface area contributed by atoms with Gasteiger partial charge in [-0.2, -0.15) is 0 Å². The number of pyridine rings is 1. The van der Waals surface area contributed by atoms with Crippen molar-refractivity contribution in [1.29, 1.82) is 0 Å². The van der Waals surface area contributed by atoms with Gasteiger partial charge >= 0.3 is 7.12 Å². The molecule has 0 N–H and O–H groups in total. The first-order valence-corrected chi connectivity index (χ1v) is 14.0. The Kier molecular flexibility index (Phi) is 5.64. The van der Waals surface area contributed by atoms with Crippen molar-refractivity contribution in [1.82, 2.24) is 4.98 Å². The lowest BCUT2D eigenvalue weighted by Crippen LogP contribution is -2.41. The van der Waals surface area contributed by atoms with Crippen LogP contribution in [0.4, 0.5) is 0 Å². The molecule has 0 bridgehead atoms. The Hall–Kier alpha value is -3.99. The fraction of sp³-hybridized carbons (Fsp3) is 0.194. The number of rotatable bonds is 4. The Bertz CT molecular complexity index is 1660. The maximum atomic E-state index is 6.49. The van der Waals surface area contributed by atoms with E-state index in [0.29, 0.717) is 0 Å². The molecule has 3 nitrogen and oxygen atoms in total. The molecule has 0 unspecified atom stereocenters. The smallest absolute Gasteiger partial charge is 0.399 e. The third-order valence-electron chi connectivity index (χ3n) is 9.05. The van der Waals surface area contributed by atoms with Crippen molar-refractivity contribution >= 4 is 12.6 Å². The summed E-state index contributed by atoms with van der Waals surface area (Å²) in [7, 11) is -0.436. The highest BCUT2D eigenvalue weighted by molar-refractivity contribution is 6.62. The zero-order valence-electron chi connectivity index (χ0n) is 23.4. The molecule has 2 aliphatic rings. The quantitative estimate of drug-likeness (QED) is 0.227. The van der Waals surface area contributed by atoms with Crippen LogP contribution in [0.15, 0.2) is 121 Å². The van der Waals surface area contributed by atoms with Crippen molar-refractivity contribution in [3.63, 3.8) is 0 Å². The van der Waals surface area contributed by atoms with Gasteiger partial charge in [0.25, 0.3) is 0 Å². The summed E-state index contributed by atoms with van der Waals surface area (Å²) in [5.41, 5.74) is 9.24. The predicted octanol–water partition coefficient (Wildman–Crippen LogP) is 7.41. The summed E-state index contributed by atoms with van der Waals surface area (Å²) in [6.07, 6.45) is 1.85. The van der Waals surface area contributed by atoms with Crippen LogP contribution in [0, 0.1) is 0 Å². The Labute approximate surface area is 237 Å². The van der Waals surface area contributed by atoms with E-state index in [1.807, 2.05) is 18.3 Å². The van der Waals surface area contributed by atoms with E-state index in [4.69, 9.17) is 9.31 Å². The summed E-state index contributed by atoms with van der Waals surface area (Å²) >= 11 is 0.